The highest BCUT2D eigenvalue weighted by atomic mass is 79.9. The van der Waals surface area contributed by atoms with Gasteiger partial charge in [0.15, 0.2) is 11.4 Å². The number of hydrogen-bond donors (Lipinski definition) is 1. The Hall–Kier alpha value is -2.08. The van der Waals surface area contributed by atoms with Gasteiger partial charge in [0.2, 0.25) is 0 Å². The van der Waals surface area contributed by atoms with Crippen LogP contribution in [0, 0.1) is 24.0 Å². The standard InChI is InChI=1S/C15H15BrN2O3/c1-9-4-3-5-10(2)12(9)8-21-14-7-11(16)6-13(15(14)17)18(19)20/h3-7H,8,17H2,1-2H3. The molecular formula is C15H15BrN2O3. The van der Waals surface area contributed by atoms with E-state index in [1.54, 1.807) is 6.07 Å². The molecule has 2 N–H and O–H groups in total. The van der Waals surface area contributed by atoms with Crippen LogP contribution in [0.3, 0.4) is 0 Å². The molecular weight excluding hydrogens is 336 g/mol. The van der Waals surface area contributed by atoms with E-state index in [1.165, 1.54) is 6.07 Å². The Balaban J connectivity index is 2.30. The minimum atomic E-state index is -0.522. The van der Waals surface area contributed by atoms with Crippen molar-refractivity contribution in [1.29, 1.82) is 0 Å². The number of nitrogens with two attached hydrogens (primary N) is 1. The van der Waals surface area contributed by atoms with Crippen molar-refractivity contribution in [2.24, 2.45) is 0 Å². The van der Waals surface area contributed by atoms with Gasteiger partial charge in [-0.05, 0) is 36.6 Å². The van der Waals surface area contributed by atoms with Crippen LogP contribution >= 0.6 is 15.9 Å². The van der Waals surface area contributed by atoms with Gasteiger partial charge in [0.25, 0.3) is 5.69 Å². The van der Waals surface area contributed by atoms with Gasteiger partial charge < -0.3 is 10.5 Å². The fraction of sp³-hybridized carbons (Fsp3) is 0.200. The smallest absolute Gasteiger partial charge is 0.297 e. The van der Waals surface area contributed by atoms with Gasteiger partial charge >= 0.3 is 0 Å². The van der Waals surface area contributed by atoms with Crippen molar-refractivity contribution in [1.82, 2.24) is 0 Å². The molecule has 0 aliphatic rings. The maximum absolute atomic E-state index is 11.0. The number of rotatable bonds is 4. The summed E-state index contributed by atoms with van der Waals surface area (Å²) in [7, 11) is 0. The van der Waals surface area contributed by atoms with Gasteiger partial charge in [-0.25, -0.2) is 0 Å². The molecule has 0 fully saturated rings. The van der Waals surface area contributed by atoms with Crippen molar-refractivity contribution in [3.05, 3.63) is 61.6 Å². The van der Waals surface area contributed by atoms with Crippen LogP contribution in [0.2, 0.25) is 0 Å². The van der Waals surface area contributed by atoms with E-state index >= 15 is 0 Å². The molecule has 0 saturated heterocycles. The SMILES string of the molecule is Cc1cccc(C)c1COc1cc(Br)cc([N+](=O)[O-])c1N. The molecule has 0 bridgehead atoms. The van der Waals surface area contributed by atoms with E-state index in [-0.39, 0.29) is 11.4 Å². The average molecular weight is 351 g/mol. The van der Waals surface area contributed by atoms with E-state index in [0.29, 0.717) is 16.8 Å². The van der Waals surface area contributed by atoms with Gasteiger partial charge in [-0.2, -0.15) is 0 Å². The van der Waals surface area contributed by atoms with E-state index in [1.807, 2.05) is 32.0 Å². The third-order valence-electron chi connectivity index (χ3n) is 3.30. The summed E-state index contributed by atoms with van der Waals surface area (Å²) in [5.74, 6) is 0.304. The highest BCUT2D eigenvalue weighted by molar-refractivity contribution is 9.10. The Labute approximate surface area is 131 Å². The second kappa shape index (κ2) is 6.13. The number of aryl methyl sites for hydroxylation is 2. The van der Waals surface area contributed by atoms with Crippen molar-refractivity contribution in [3.8, 4) is 5.75 Å². The zero-order valence-corrected chi connectivity index (χ0v) is 13.3. The number of halogens is 1. The van der Waals surface area contributed by atoms with Crippen LogP contribution in [-0.4, -0.2) is 4.92 Å². The summed E-state index contributed by atoms with van der Waals surface area (Å²) in [4.78, 5) is 10.4. The fourth-order valence-electron chi connectivity index (χ4n) is 2.08. The van der Waals surface area contributed by atoms with E-state index in [2.05, 4.69) is 15.9 Å². The van der Waals surface area contributed by atoms with Gasteiger partial charge in [0.05, 0.1) is 4.92 Å². The van der Waals surface area contributed by atoms with Crippen LogP contribution in [-0.2, 0) is 6.61 Å². The second-order valence-electron chi connectivity index (χ2n) is 4.75. The number of nitrogen functional groups attached to an aromatic ring is 1. The average Bonchev–Trinajstić information content (AvgIpc) is 2.41. The number of hydrogen-bond acceptors (Lipinski definition) is 4. The number of nitro benzene ring substituents is 1. The molecule has 0 unspecified atom stereocenters. The first-order valence-corrected chi connectivity index (χ1v) is 7.10. The molecule has 0 aliphatic heterocycles. The molecule has 0 heterocycles. The number of anilines is 1. The maximum Gasteiger partial charge on any atom is 0.297 e. The summed E-state index contributed by atoms with van der Waals surface area (Å²) >= 11 is 3.23. The number of benzene rings is 2. The van der Waals surface area contributed by atoms with Crippen molar-refractivity contribution in [3.63, 3.8) is 0 Å². The molecule has 0 saturated carbocycles. The second-order valence-corrected chi connectivity index (χ2v) is 5.67. The minimum absolute atomic E-state index is 0.0365. The Bertz CT molecular complexity index is 681. The maximum atomic E-state index is 11.0. The van der Waals surface area contributed by atoms with Crippen LogP contribution < -0.4 is 10.5 Å². The largest absolute Gasteiger partial charge is 0.486 e. The summed E-state index contributed by atoms with van der Waals surface area (Å²) in [6.07, 6.45) is 0. The summed E-state index contributed by atoms with van der Waals surface area (Å²) < 4.78 is 6.25. The Kier molecular flexibility index (Phi) is 4.47. The number of ether oxygens (including phenoxy) is 1. The summed E-state index contributed by atoms with van der Waals surface area (Å²) in [6.45, 7) is 4.31. The quantitative estimate of drug-likeness (QED) is 0.510. The molecule has 2 aromatic carbocycles. The Morgan fingerprint density at radius 2 is 1.90 bits per heavy atom. The first kappa shape index (κ1) is 15.3. The number of nitro groups is 1. The van der Waals surface area contributed by atoms with E-state index in [0.717, 1.165) is 16.7 Å². The molecule has 2 aromatic rings. The first-order valence-electron chi connectivity index (χ1n) is 6.31. The summed E-state index contributed by atoms with van der Waals surface area (Å²) in [5.41, 5.74) is 8.95. The third kappa shape index (κ3) is 3.33. The van der Waals surface area contributed by atoms with E-state index < -0.39 is 4.92 Å². The van der Waals surface area contributed by atoms with Crippen LogP contribution in [0.15, 0.2) is 34.8 Å². The lowest BCUT2D eigenvalue weighted by Crippen LogP contribution is -2.04. The molecule has 0 atom stereocenters. The van der Waals surface area contributed by atoms with Crippen molar-refractivity contribution >= 4 is 27.3 Å². The Morgan fingerprint density at radius 1 is 1.29 bits per heavy atom. The molecule has 0 amide bonds. The highest BCUT2D eigenvalue weighted by Gasteiger charge is 2.18. The van der Waals surface area contributed by atoms with Crippen LogP contribution in [0.4, 0.5) is 11.4 Å². The zero-order chi connectivity index (χ0) is 15.6. The van der Waals surface area contributed by atoms with Crippen molar-refractivity contribution in [2.75, 3.05) is 5.73 Å². The molecule has 0 radical (unpaired) electrons. The van der Waals surface area contributed by atoms with E-state index in [4.69, 9.17) is 10.5 Å². The van der Waals surface area contributed by atoms with Crippen LogP contribution in [0.1, 0.15) is 16.7 Å². The summed E-state index contributed by atoms with van der Waals surface area (Å²) in [6, 6.07) is 8.97. The van der Waals surface area contributed by atoms with Gasteiger partial charge in [-0.15, -0.1) is 0 Å². The monoisotopic (exact) mass is 350 g/mol. The lowest BCUT2D eigenvalue weighted by molar-refractivity contribution is -0.384. The predicted octanol–water partition coefficient (Wildman–Crippen LogP) is 4.14. The lowest BCUT2D eigenvalue weighted by Gasteiger charge is -2.13. The molecule has 21 heavy (non-hydrogen) atoms. The van der Waals surface area contributed by atoms with Gasteiger partial charge in [-0.1, -0.05) is 34.1 Å². The minimum Gasteiger partial charge on any atom is -0.486 e. The van der Waals surface area contributed by atoms with Crippen molar-refractivity contribution in [2.45, 2.75) is 20.5 Å². The lowest BCUT2D eigenvalue weighted by atomic mass is 10.0. The van der Waals surface area contributed by atoms with Crippen LogP contribution in [0.25, 0.3) is 0 Å². The normalized spacial score (nSPS) is 10.4. The van der Waals surface area contributed by atoms with Crippen molar-refractivity contribution < 1.29 is 9.66 Å². The molecule has 0 aromatic heterocycles. The Morgan fingerprint density at radius 3 is 2.48 bits per heavy atom. The molecule has 2 rings (SSSR count). The number of nitrogens with zero attached hydrogens (tertiary/aromatic N) is 1. The first-order chi connectivity index (χ1) is 9.90. The fourth-order valence-corrected chi connectivity index (χ4v) is 2.50. The zero-order valence-electron chi connectivity index (χ0n) is 11.7. The summed E-state index contributed by atoms with van der Waals surface area (Å²) in [5, 5.41) is 11.0. The van der Waals surface area contributed by atoms with E-state index in [9.17, 15) is 10.1 Å². The van der Waals surface area contributed by atoms with Gasteiger partial charge in [0.1, 0.15) is 6.61 Å². The molecule has 6 heteroatoms. The van der Waals surface area contributed by atoms with Gasteiger partial charge in [-0.3, -0.25) is 10.1 Å². The highest BCUT2D eigenvalue weighted by Crippen LogP contribution is 2.35. The molecule has 110 valence electrons. The molecule has 0 spiro atoms. The van der Waals surface area contributed by atoms with Gasteiger partial charge in [0, 0.05) is 10.5 Å². The van der Waals surface area contributed by atoms with Crippen LogP contribution in [0.5, 0.6) is 5.75 Å². The molecule has 5 nitrogen and oxygen atoms in total. The topological polar surface area (TPSA) is 78.4 Å². The molecule has 0 aliphatic carbocycles. The third-order valence-corrected chi connectivity index (χ3v) is 3.76. The predicted molar refractivity (Wildman–Crippen MR) is 85.5 cm³/mol.